The van der Waals surface area contributed by atoms with Gasteiger partial charge < -0.3 is 0 Å². The molecule has 0 atom stereocenters. The van der Waals surface area contributed by atoms with Gasteiger partial charge in [0.25, 0.3) is 15.9 Å². The molecule has 2 N–H and O–H groups in total. The first-order valence-electron chi connectivity index (χ1n) is 10.1. The van der Waals surface area contributed by atoms with Crippen molar-refractivity contribution in [2.75, 3.05) is 6.54 Å². The highest BCUT2D eigenvalue weighted by Gasteiger charge is 2.31. The summed E-state index contributed by atoms with van der Waals surface area (Å²) in [7, 11) is -3.84. The second-order valence-electron chi connectivity index (χ2n) is 7.20. The largest absolute Gasteiger partial charge is 0.293 e. The van der Waals surface area contributed by atoms with Gasteiger partial charge >= 0.3 is 0 Å². The first kappa shape index (κ1) is 24.8. The van der Waals surface area contributed by atoms with Crippen LogP contribution in [0.25, 0.3) is 6.08 Å². The Morgan fingerprint density at radius 2 is 1.73 bits per heavy atom. The third-order valence-electron chi connectivity index (χ3n) is 4.59. The molecule has 10 heteroatoms. The van der Waals surface area contributed by atoms with E-state index in [0.717, 1.165) is 11.1 Å². The van der Waals surface area contributed by atoms with Gasteiger partial charge in [0.1, 0.15) is 4.32 Å². The summed E-state index contributed by atoms with van der Waals surface area (Å²) in [5.41, 5.74) is 4.15. The summed E-state index contributed by atoms with van der Waals surface area (Å²) in [5.74, 6) is -0.701. The SMILES string of the molecule is CC(=Cc1ccccc1)C=C1SC(=S)N(CCCC(=O)NNS(=O)(=O)c2ccccc2)C1=O. The van der Waals surface area contributed by atoms with Crippen molar-refractivity contribution in [2.45, 2.75) is 24.7 Å². The van der Waals surface area contributed by atoms with Crippen LogP contribution in [0.5, 0.6) is 0 Å². The Balaban J connectivity index is 1.49. The van der Waals surface area contributed by atoms with Crippen LogP contribution < -0.4 is 10.3 Å². The number of thioether (sulfide) groups is 1. The fourth-order valence-corrected chi connectivity index (χ4v) is 5.24. The van der Waals surface area contributed by atoms with E-state index in [9.17, 15) is 18.0 Å². The monoisotopic (exact) mass is 501 g/mol. The number of allylic oxidation sites excluding steroid dienone is 2. The van der Waals surface area contributed by atoms with Gasteiger partial charge in [-0.05, 0) is 42.7 Å². The van der Waals surface area contributed by atoms with Gasteiger partial charge in [-0.15, -0.1) is 4.83 Å². The molecule has 0 aromatic heterocycles. The quantitative estimate of drug-likeness (QED) is 0.310. The van der Waals surface area contributed by atoms with Gasteiger partial charge in [-0.25, -0.2) is 8.42 Å². The van der Waals surface area contributed by atoms with Gasteiger partial charge in [-0.3, -0.25) is 19.9 Å². The zero-order valence-corrected chi connectivity index (χ0v) is 20.3. The summed E-state index contributed by atoms with van der Waals surface area (Å²) < 4.78 is 24.7. The molecular formula is C23H23N3O4S3. The zero-order chi connectivity index (χ0) is 23.8. The van der Waals surface area contributed by atoms with Crippen molar-refractivity contribution in [1.29, 1.82) is 0 Å². The highest BCUT2D eigenvalue weighted by molar-refractivity contribution is 8.26. The van der Waals surface area contributed by atoms with Crippen molar-refractivity contribution in [3.63, 3.8) is 0 Å². The molecule has 3 rings (SSSR count). The second kappa shape index (κ2) is 11.4. The van der Waals surface area contributed by atoms with Crippen molar-refractivity contribution in [2.24, 2.45) is 0 Å². The summed E-state index contributed by atoms with van der Waals surface area (Å²) in [4.78, 5) is 28.9. The molecule has 7 nitrogen and oxygen atoms in total. The summed E-state index contributed by atoms with van der Waals surface area (Å²) in [6.07, 6.45) is 4.14. The predicted octanol–water partition coefficient (Wildman–Crippen LogP) is 3.62. The number of carbonyl (C=O) groups excluding carboxylic acids is 2. The van der Waals surface area contributed by atoms with Crippen LogP contribution in [0.2, 0.25) is 0 Å². The van der Waals surface area contributed by atoms with Crippen molar-refractivity contribution in [3.05, 3.63) is 82.8 Å². The molecular weight excluding hydrogens is 478 g/mol. The van der Waals surface area contributed by atoms with E-state index in [-0.39, 0.29) is 23.8 Å². The van der Waals surface area contributed by atoms with Crippen LogP contribution in [0.3, 0.4) is 0 Å². The molecule has 33 heavy (non-hydrogen) atoms. The van der Waals surface area contributed by atoms with Crippen molar-refractivity contribution >= 4 is 56.2 Å². The molecule has 0 radical (unpaired) electrons. The maximum Gasteiger partial charge on any atom is 0.266 e. The lowest BCUT2D eigenvalue weighted by Gasteiger charge is -2.14. The summed E-state index contributed by atoms with van der Waals surface area (Å²) in [5, 5.41) is 0. The number of hydrazine groups is 1. The summed E-state index contributed by atoms with van der Waals surface area (Å²) >= 11 is 6.55. The third-order valence-corrected chi connectivity index (χ3v) is 7.23. The lowest BCUT2D eigenvalue weighted by atomic mass is 10.1. The topological polar surface area (TPSA) is 95.6 Å². The number of benzene rings is 2. The number of sulfonamides is 1. The van der Waals surface area contributed by atoms with E-state index in [0.29, 0.717) is 15.6 Å². The van der Waals surface area contributed by atoms with E-state index in [1.54, 1.807) is 24.3 Å². The molecule has 1 saturated heterocycles. The normalized spacial score (nSPS) is 15.8. The van der Waals surface area contributed by atoms with E-state index < -0.39 is 15.9 Å². The van der Waals surface area contributed by atoms with E-state index in [1.165, 1.54) is 28.8 Å². The molecule has 1 aliphatic heterocycles. The molecule has 2 aromatic rings. The van der Waals surface area contributed by atoms with Gasteiger partial charge in [0, 0.05) is 13.0 Å². The average Bonchev–Trinajstić information content (AvgIpc) is 3.06. The van der Waals surface area contributed by atoms with Crippen molar-refractivity contribution < 1.29 is 18.0 Å². The molecule has 0 spiro atoms. The maximum atomic E-state index is 12.7. The van der Waals surface area contributed by atoms with E-state index >= 15 is 0 Å². The van der Waals surface area contributed by atoms with E-state index in [2.05, 4.69) is 10.3 Å². The minimum absolute atomic E-state index is 0.0281. The van der Waals surface area contributed by atoms with Crippen LogP contribution in [0.15, 0.2) is 82.1 Å². The summed E-state index contributed by atoms with van der Waals surface area (Å²) in [6, 6.07) is 17.5. The molecule has 0 saturated carbocycles. The first-order valence-corrected chi connectivity index (χ1v) is 12.8. The van der Waals surface area contributed by atoms with Gasteiger partial charge in [0.05, 0.1) is 9.80 Å². The lowest BCUT2D eigenvalue weighted by molar-refractivity contribution is -0.124. The number of carbonyl (C=O) groups is 2. The van der Waals surface area contributed by atoms with Crippen LogP contribution in [0, 0.1) is 0 Å². The third kappa shape index (κ3) is 7.10. The Morgan fingerprint density at radius 1 is 1.09 bits per heavy atom. The number of rotatable bonds is 9. The van der Waals surface area contributed by atoms with E-state index in [1.807, 2.05) is 43.3 Å². The Bertz CT molecular complexity index is 1190. The van der Waals surface area contributed by atoms with Gasteiger partial charge in [0.15, 0.2) is 0 Å². The van der Waals surface area contributed by atoms with Gasteiger partial charge in [-0.2, -0.15) is 0 Å². The van der Waals surface area contributed by atoms with Crippen LogP contribution >= 0.6 is 24.0 Å². The fourth-order valence-electron chi connectivity index (χ4n) is 3.00. The number of hydrogen-bond acceptors (Lipinski definition) is 6. The van der Waals surface area contributed by atoms with Crippen molar-refractivity contribution in [3.8, 4) is 0 Å². The second-order valence-corrected chi connectivity index (χ2v) is 10.6. The lowest BCUT2D eigenvalue weighted by Crippen LogP contribution is -2.41. The number of thiocarbonyl (C=S) groups is 1. The number of hydrogen-bond donors (Lipinski definition) is 2. The van der Waals surface area contributed by atoms with Gasteiger partial charge in [-0.1, -0.05) is 78.6 Å². The number of nitrogens with one attached hydrogen (secondary N) is 2. The summed E-state index contributed by atoms with van der Waals surface area (Å²) in [6.45, 7) is 2.18. The number of nitrogens with zero attached hydrogens (tertiary/aromatic N) is 1. The Hall–Kier alpha value is -2.79. The molecule has 0 bridgehead atoms. The molecule has 0 unspecified atom stereocenters. The fraction of sp³-hybridized carbons (Fsp3) is 0.174. The highest BCUT2D eigenvalue weighted by Crippen LogP contribution is 2.32. The zero-order valence-electron chi connectivity index (χ0n) is 17.9. The molecule has 2 aromatic carbocycles. The van der Waals surface area contributed by atoms with E-state index in [4.69, 9.17) is 12.2 Å². The predicted molar refractivity (Wildman–Crippen MR) is 134 cm³/mol. The minimum atomic E-state index is -3.84. The molecule has 1 fully saturated rings. The standard InChI is InChI=1S/C23H23N3O4S3/c1-17(15-18-9-4-2-5-10-18)16-20-22(28)26(23(31)32-20)14-8-13-21(27)24-25-33(29,30)19-11-6-3-7-12-19/h2-7,9-12,15-16,25H,8,13-14H2,1H3,(H,24,27). The first-order chi connectivity index (χ1) is 15.8. The molecule has 1 aliphatic rings. The molecule has 0 aliphatic carbocycles. The molecule has 2 amide bonds. The molecule has 1 heterocycles. The van der Waals surface area contributed by atoms with Crippen LogP contribution in [-0.2, 0) is 19.6 Å². The smallest absolute Gasteiger partial charge is 0.266 e. The molecule has 172 valence electrons. The number of amides is 2. The Kier molecular flexibility index (Phi) is 8.56. The maximum absolute atomic E-state index is 12.7. The van der Waals surface area contributed by atoms with Crippen LogP contribution in [0.4, 0.5) is 0 Å². The van der Waals surface area contributed by atoms with Crippen molar-refractivity contribution in [1.82, 2.24) is 15.2 Å². The highest BCUT2D eigenvalue weighted by atomic mass is 32.2. The Labute approximate surface area is 203 Å². The van der Waals surface area contributed by atoms with Gasteiger partial charge in [0.2, 0.25) is 5.91 Å². The average molecular weight is 502 g/mol. The van der Waals surface area contributed by atoms with Crippen LogP contribution in [-0.4, -0.2) is 36.0 Å². The Morgan fingerprint density at radius 3 is 2.39 bits per heavy atom. The minimum Gasteiger partial charge on any atom is -0.293 e. The van der Waals surface area contributed by atoms with Crippen LogP contribution in [0.1, 0.15) is 25.3 Å².